The molecule has 2 nitrogen and oxygen atoms in total. The molecule has 1 unspecified atom stereocenters. The Kier molecular flexibility index (Phi) is 5.73. The minimum absolute atomic E-state index is 0.706. The fourth-order valence-corrected chi connectivity index (χ4v) is 2.41. The van der Waals surface area contributed by atoms with Crippen molar-refractivity contribution < 1.29 is 9.84 Å². The maximum atomic E-state index is 10.5. The Balaban J connectivity index is 1.84. The van der Waals surface area contributed by atoms with E-state index in [2.05, 4.69) is 23.7 Å². The molecule has 3 aromatic rings. The van der Waals surface area contributed by atoms with E-state index in [4.69, 9.17) is 4.74 Å². The van der Waals surface area contributed by atoms with Crippen LogP contribution in [-0.4, -0.2) is 12.2 Å². The van der Waals surface area contributed by atoms with Crippen LogP contribution in [0.4, 0.5) is 0 Å². The minimum atomic E-state index is -0.892. The summed E-state index contributed by atoms with van der Waals surface area (Å²) in [7, 11) is 1.63. The zero-order valence-electron chi connectivity index (χ0n) is 14.4. The molecule has 0 aliphatic rings. The number of methoxy groups -OCH3 is 1. The molecule has 0 radical (unpaired) electrons. The Hall–Kier alpha value is -3.46. The molecule has 0 saturated carbocycles. The fourth-order valence-electron chi connectivity index (χ4n) is 2.41. The Morgan fingerprint density at radius 2 is 1.38 bits per heavy atom. The number of hydrogen-bond donors (Lipinski definition) is 1. The van der Waals surface area contributed by atoms with Crippen LogP contribution in [-0.2, 0) is 0 Å². The Morgan fingerprint density at radius 1 is 0.731 bits per heavy atom. The Labute approximate surface area is 154 Å². The average molecular weight is 338 g/mol. The largest absolute Gasteiger partial charge is 0.497 e. The van der Waals surface area contributed by atoms with Crippen LogP contribution in [0, 0.1) is 23.7 Å². The Bertz CT molecular complexity index is 981. The molecule has 2 heteroatoms. The molecule has 0 aromatic heterocycles. The summed E-state index contributed by atoms with van der Waals surface area (Å²) < 4.78 is 5.15. The highest BCUT2D eigenvalue weighted by atomic mass is 16.5. The highest BCUT2D eigenvalue weighted by Gasteiger charge is 2.07. The third-order valence-corrected chi connectivity index (χ3v) is 3.81. The molecule has 0 fully saturated rings. The first kappa shape index (κ1) is 17.4. The van der Waals surface area contributed by atoms with Gasteiger partial charge in [0.05, 0.1) is 7.11 Å². The van der Waals surface area contributed by atoms with Gasteiger partial charge in [0.1, 0.15) is 11.9 Å². The third-order valence-electron chi connectivity index (χ3n) is 3.81. The summed E-state index contributed by atoms with van der Waals surface area (Å²) in [4.78, 5) is 0. The average Bonchev–Trinajstić information content (AvgIpc) is 2.72. The van der Waals surface area contributed by atoms with Gasteiger partial charge in [0.2, 0.25) is 0 Å². The lowest BCUT2D eigenvalue weighted by molar-refractivity contribution is 0.238. The number of aliphatic hydroxyl groups excluding tert-OH is 1. The third kappa shape index (κ3) is 4.54. The smallest absolute Gasteiger partial charge is 0.141 e. The highest BCUT2D eigenvalue weighted by Crippen LogP contribution is 2.17. The zero-order valence-corrected chi connectivity index (χ0v) is 14.4. The molecule has 0 bridgehead atoms. The lowest BCUT2D eigenvalue weighted by atomic mass is 10.0. The second-order valence-electron chi connectivity index (χ2n) is 5.60. The summed E-state index contributed by atoms with van der Waals surface area (Å²) in [5.41, 5.74) is 3.22. The highest BCUT2D eigenvalue weighted by molar-refractivity contribution is 5.49. The molecular weight excluding hydrogens is 320 g/mol. The van der Waals surface area contributed by atoms with Crippen LogP contribution in [0.1, 0.15) is 28.4 Å². The van der Waals surface area contributed by atoms with E-state index in [1.807, 2.05) is 78.9 Å². The van der Waals surface area contributed by atoms with Crippen molar-refractivity contribution in [3.8, 4) is 29.4 Å². The van der Waals surface area contributed by atoms with E-state index in [0.717, 1.165) is 22.4 Å². The first-order chi connectivity index (χ1) is 12.8. The number of ether oxygens (including phenoxy) is 1. The molecule has 0 aliphatic heterocycles. The van der Waals surface area contributed by atoms with Gasteiger partial charge in [0.25, 0.3) is 0 Å². The van der Waals surface area contributed by atoms with E-state index in [9.17, 15) is 5.11 Å². The lowest BCUT2D eigenvalue weighted by Gasteiger charge is -2.06. The summed E-state index contributed by atoms with van der Waals surface area (Å²) in [6, 6.07) is 24.7. The van der Waals surface area contributed by atoms with Crippen LogP contribution >= 0.6 is 0 Å². The molecule has 0 amide bonds. The van der Waals surface area contributed by atoms with Crippen molar-refractivity contribution in [1.82, 2.24) is 0 Å². The standard InChI is InChI=1S/C24H18O2/c1-26-22-16-12-20(13-17-22)11-15-21-9-5-6-10-23(21)24(25)18-14-19-7-3-2-4-8-19/h2-10,12-13,16-17,24-25H,1H3. The molecule has 26 heavy (non-hydrogen) atoms. The van der Waals surface area contributed by atoms with Crippen LogP contribution in [0.15, 0.2) is 78.9 Å². The molecule has 0 heterocycles. The van der Waals surface area contributed by atoms with E-state index in [1.165, 1.54) is 0 Å². The number of benzene rings is 3. The van der Waals surface area contributed by atoms with Gasteiger partial charge < -0.3 is 9.84 Å². The molecular formula is C24H18O2. The first-order valence-electron chi connectivity index (χ1n) is 8.26. The van der Waals surface area contributed by atoms with Crippen molar-refractivity contribution in [2.45, 2.75) is 6.10 Å². The predicted molar refractivity (Wildman–Crippen MR) is 104 cm³/mol. The van der Waals surface area contributed by atoms with Crippen molar-refractivity contribution in [1.29, 1.82) is 0 Å². The number of aliphatic hydroxyl groups is 1. The lowest BCUT2D eigenvalue weighted by Crippen LogP contribution is -1.97. The van der Waals surface area contributed by atoms with Crippen LogP contribution in [0.3, 0.4) is 0 Å². The number of hydrogen-bond acceptors (Lipinski definition) is 2. The summed E-state index contributed by atoms with van der Waals surface area (Å²) in [5.74, 6) is 12.9. The van der Waals surface area contributed by atoms with Crippen molar-refractivity contribution >= 4 is 0 Å². The van der Waals surface area contributed by atoms with E-state index < -0.39 is 6.10 Å². The Morgan fingerprint density at radius 3 is 2.12 bits per heavy atom. The summed E-state index contributed by atoms with van der Waals surface area (Å²) in [6.07, 6.45) is -0.892. The van der Waals surface area contributed by atoms with Crippen molar-refractivity contribution in [2.24, 2.45) is 0 Å². The van der Waals surface area contributed by atoms with E-state index >= 15 is 0 Å². The SMILES string of the molecule is COc1ccc(C#Cc2ccccc2C(O)C#Cc2ccccc2)cc1. The van der Waals surface area contributed by atoms with Crippen LogP contribution in [0.5, 0.6) is 5.75 Å². The maximum absolute atomic E-state index is 10.5. The quantitative estimate of drug-likeness (QED) is 0.710. The van der Waals surface area contributed by atoms with Crippen LogP contribution in [0.25, 0.3) is 0 Å². The van der Waals surface area contributed by atoms with Gasteiger partial charge in [-0.05, 0) is 42.5 Å². The molecule has 0 aliphatic carbocycles. The molecule has 3 aromatic carbocycles. The summed E-state index contributed by atoms with van der Waals surface area (Å²) >= 11 is 0. The van der Waals surface area contributed by atoms with E-state index in [1.54, 1.807) is 7.11 Å². The first-order valence-corrected chi connectivity index (χ1v) is 8.26. The van der Waals surface area contributed by atoms with Gasteiger partial charge in [-0.1, -0.05) is 60.1 Å². The minimum Gasteiger partial charge on any atom is -0.497 e. The van der Waals surface area contributed by atoms with Crippen molar-refractivity contribution in [3.05, 3.63) is 101 Å². The van der Waals surface area contributed by atoms with Crippen LogP contribution in [0.2, 0.25) is 0 Å². The van der Waals surface area contributed by atoms with E-state index in [0.29, 0.717) is 5.56 Å². The normalized spacial score (nSPS) is 10.7. The second-order valence-corrected chi connectivity index (χ2v) is 5.60. The van der Waals surface area contributed by atoms with Gasteiger partial charge in [0, 0.05) is 22.3 Å². The van der Waals surface area contributed by atoms with Gasteiger partial charge >= 0.3 is 0 Å². The van der Waals surface area contributed by atoms with Crippen molar-refractivity contribution in [3.63, 3.8) is 0 Å². The van der Waals surface area contributed by atoms with E-state index in [-0.39, 0.29) is 0 Å². The predicted octanol–water partition coefficient (Wildman–Crippen LogP) is 4.18. The summed E-state index contributed by atoms with van der Waals surface area (Å²) in [5, 5.41) is 10.5. The molecule has 126 valence electrons. The maximum Gasteiger partial charge on any atom is 0.141 e. The fraction of sp³-hybridized carbons (Fsp3) is 0.0833. The monoisotopic (exact) mass is 338 g/mol. The molecule has 0 spiro atoms. The van der Waals surface area contributed by atoms with Crippen LogP contribution < -0.4 is 4.74 Å². The molecule has 0 saturated heterocycles. The van der Waals surface area contributed by atoms with Gasteiger partial charge in [-0.15, -0.1) is 0 Å². The molecule has 1 N–H and O–H groups in total. The van der Waals surface area contributed by atoms with Gasteiger partial charge in [-0.2, -0.15) is 0 Å². The second kappa shape index (κ2) is 8.58. The molecule has 1 atom stereocenters. The summed E-state index contributed by atoms with van der Waals surface area (Å²) in [6.45, 7) is 0. The topological polar surface area (TPSA) is 29.5 Å². The van der Waals surface area contributed by atoms with Crippen molar-refractivity contribution in [2.75, 3.05) is 7.11 Å². The molecule has 3 rings (SSSR count). The number of rotatable bonds is 2. The van der Waals surface area contributed by atoms with Gasteiger partial charge in [-0.25, -0.2) is 0 Å². The van der Waals surface area contributed by atoms with Gasteiger partial charge in [-0.3, -0.25) is 0 Å². The zero-order chi connectivity index (χ0) is 18.2. The van der Waals surface area contributed by atoms with Gasteiger partial charge in [0.15, 0.2) is 0 Å².